The largest absolute Gasteiger partial charge is 0.381 e. The number of aryl methyl sites for hydroxylation is 1. The fraction of sp³-hybridized carbons (Fsp3) is 0.312. The van der Waals surface area contributed by atoms with E-state index in [-0.39, 0.29) is 17.4 Å². The first kappa shape index (κ1) is 14.3. The van der Waals surface area contributed by atoms with Gasteiger partial charge in [-0.25, -0.2) is 4.39 Å². The molecule has 1 N–H and O–H groups in total. The zero-order valence-electron chi connectivity index (χ0n) is 11.8. The number of aromatic nitrogens is 1. The Bertz CT molecular complexity index is 636. The number of hydrogen-bond acceptors (Lipinski definition) is 2. The molecule has 0 fully saturated rings. The monoisotopic (exact) mass is 274 g/mol. The number of pyridine rings is 1. The second kappa shape index (κ2) is 6.37. The lowest BCUT2D eigenvalue weighted by Gasteiger charge is -2.16. The van der Waals surface area contributed by atoms with Gasteiger partial charge in [-0.3, -0.25) is 4.79 Å². The van der Waals surface area contributed by atoms with Crippen LogP contribution in [0.25, 0.3) is 0 Å². The Labute approximate surface area is 118 Å². The highest BCUT2D eigenvalue weighted by Gasteiger charge is 2.05. The van der Waals surface area contributed by atoms with Crippen molar-refractivity contribution in [2.75, 3.05) is 5.32 Å². The quantitative estimate of drug-likeness (QED) is 0.909. The third kappa shape index (κ3) is 3.70. The van der Waals surface area contributed by atoms with E-state index in [9.17, 15) is 9.18 Å². The van der Waals surface area contributed by atoms with Crippen molar-refractivity contribution in [2.45, 2.75) is 32.9 Å². The lowest BCUT2D eigenvalue weighted by molar-refractivity contribution is 0.624. The van der Waals surface area contributed by atoms with Crippen molar-refractivity contribution in [1.29, 1.82) is 0 Å². The fourth-order valence-electron chi connectivity index (χ4n) is 2.22. The van der Waals surface area contributed by atoms with E-state index in [0.29, 0.717) is 6.54 Å². The Morgan fingerprint density at radius 3 is 2.80 bits per heavy atom. The molecule has 3 nitrogen and oxygen atoms in total. The SMILES string of the molecule is CCn1cc(NC(C)Cc2cccc(F)c2)ccc1=O. The summed E-state index contributed by atoms with van der Waals surface area (Å²) in [4.78, 5) is 11.5. The first-order chi connectivity index (χ1) is 9.58. The maximum absolute atomic E-state index is 13.1. The van der Waals surface area contributed by atoms with E-state index in [1.165, 1.54) is 6.07 Å². The van der Waals surface area contributed by atoms with Gasteiger partial charge in [0.05, 0.1) is 5.69 Å². The zero-order valence-corrected chi connectivity index (χ0v) is 11.8. The van der Waals surface area contributed by atoms with Crippen molar-refractivity contribution < 1.29 is 4.39 Å². The summed E-state index contributed by atoms with van der Waals surface area (Å²) in [6.45, 7) is 4.61. The summed E-state index contributed by atoms with van der Waals surface area (Å²) < 4.78 is 14.8. The van der Waals surface area contributed by atoms with Crippen LogP contribution in [0.15, 0.2) is 47.4 Å². The van der Waals surface area contributed by atoms with Gasteiger partial charge in [0.25, 0.3) is 5.56 Å². The molecule has 2 rings (SSSR count). The maximum atomic E-state index is 13.1. The second-order valence-corrected chi connectivity index (χ2v) is 4.92. The van der Waals surface area contributed by atoms with Crippen LogP contribution in [0.4, 0.5) is 10.1 Å². The van der Waals surface area contributed by atoms with Gasteiger partial charge in [-0.1, -0.05) is 12.1 Å². The van der Waals surface area contributed by atoms with Crippen molar-refractivity contribution in [1.82, 2.24) is 4.57 Å². The van der Waals surface area contributed by atoms with Gasteiger partial charge in [-0.05, 0) is 44.0 Å². The van der Waals surface area contributed by atoms with Crippen LogP contribution in [0.2, 0.25) is 0 Å². The van der Waals surface area contributed by atoms with Crippen molar-refractivity contribution in [3.05, 3.63) is 64.3 Å². The van der Waals surface area contributed by atoms with Crippen LogP contribution in [0.5, 0.6) is 0 Å². The molecule has 0 radical (unpaired) electrons. The number of anilines is 1. The van der Waals surface area contributed by atoms with E-state index in [1.54, 1.807) is 28.8 Å². The van der Waals surface area contributed by atoms with Crippen LogP contribution in [0.1, 0.15) is 19.4 Å². The first-order valence-electron chi connectivity index (χ1n) is 6.80. The Balaban J connectivity index is 2.04. The lowest BCUT2D eigenvalue weighted by Crippen LogP contribution is -2.22. The van der Waals surface area contributed by atoms with Gasteiger partial charge >= 0.3 is 0 Å². The second-order valence-electron chi connectivity index (χ2n) is 4.92. The van der Waals surface area contributed by atoms with Crippen molar-refractivity contribution in [3.63, 3.8) is 0 Å². The molecule has 0 aliphatic carbocycles. The predicted molar refractivity (Wildman–Crippen MR) is 79.6 cm³/mol. The molecule has 0 aliphatic heterocycles. The van der Waals surface area contributed by atoms with Gasteiger partial charge in [-0.2, -0.15) is 0 Å². The third-order valence-electron chi connectivity index (χ3n) is 3.17. The molecule has 4 heteroatoms. The Morgan fingerprint density at radius 2 is 2.10 bits per heavy atom. The molecule has 1 aromatic heterocycles. The summed E-state index contributed by atoms with van der Waals surface area (Å²) in [6.07, 6.45) is 2.54. The van der Waals surface area contributed by atoms with Gasteiger partial charge in [0.15, 0.2) is 0 Å². The molecule has 20 heavy (non-hydrogen) atoms. The Kier molecular flexibility index (Phi) is 4.56. The molecular weight excluding hydrogens is 255 g/mol. The average Bonchev–Trinajstić information content (AvgIpc) is 2.41. The summed E-state index contributed by atoms with van der Waals surface area (Å²) in [7, 11) is 0. The van der Waals surface area contributed by atoms with Crippen molar-refractivity contribution >= 4 is 5.69 Å². The molecule has 1 atom stereocenters. The normalized spacial score (nSPS) is 12.2. The van der Waals surface area contributed by atoms with Crippen molar-refractivity contribution in [3.8, 4) is 0 Å². The minimum atomic E-state index is -0.214. The Hall–Kier alpha value is -2.10. The van der Waals surface area contributed by atoms with E-state index >= 15 is 0 Å². The molecule has 1 heterocycles. The molecule has 1 unspecified atom stereocenters. The highest BCUT2D eigenvalue weighted by Crippen LogP contribution is 2.11. The van der Waals surface area contributed by atoms with Gasteiger partial charge < -0.3 is 9.88 Å². The number of benzene rings is 1. The van der Waals surface area contributed by atoms with Crippen LogP contribution >= 0.6 is 0 Å². The summed E-state index contributed by atoms with van der Waals surface area (Å²) in [5.41, 5.74) is 1.85. The van der Waals surface area contributed by atoms with E-state index < -0.39 is 0 Å². The maximum Gasteiger partial charge on any atom is 0.250 e. The molecule has 0 saturated carbocycles. The number of hydrogen-bond donors (Lipinski definition) is 1. The van der Waals surface area contributed by atoms with E-state index in [1.807, 2.05) is 26.1 Å². The summed E-state index contributed by atoms with van der Waals surface area (Å²) >= 11 is 0. The van der Waals surface area contributed by atoms with E-state index in [4.69, 9.17) is 0 Å². The molecule has 0 aliphatic rings. The third-order valence-corrected chi connectivity index (χ3v) is 3.17. The van der Waals surface area contributed by atoms with Crippen LogP contribution in [0, 0.1) is 5.82 Å². The van der Waals surface area contributed by atoms with Crippen LogP contribution in [0.3, 0.4) is 0 Å². The van der Waals surface area contributed by atoms with Gasteiger partial charge in [0, 0.05) is 24.8 Å². The number of halogens is 1. The number of nitrogens with zero attached hydrogens (tertiary/aromatic N) is 1. The van der Waals surface area contributed by atoms with Gasteiger partial charge in [0.2, 0.25) is 0 Å². The molecule has 106 valence electrons. The van der Waals surface area contributed by atoms with E-state index in [2.05, 4.69) is 5.32 Å². The fourth-order valence-corrected chi connectivity index (χ4v) is 2.22. The van der Waals surface area contributed by atoms with Crippen LogP contribution in [-0.2, 0) is 13.0 Å². The average molecular weight is 274 g/mol. The minimum absolute atomic E-state index is 0.00386. The molecular formula is C16H19FN2O. The predicted octanol–water partition coefficient (Wildman–Crippen LogP) is 3.05. The van der Waals surface area contributed by atoms with E-state index in [0.717, 1.165) is 17.7 Å². The highest BCUT2D eigenvalue weighted by molar-refractivity contribution is 5.41. The summed E-state index contributed by atoms with van der Waals surface area (Å²) in [6, 6.07) is 10.1. The smallest absolute Gasteiger partial charge is 0.250 e. The lowest BCUT2D eigenvalue weighted by atomic mass is 10.1. The number of nitrogens with one attached hydrogen (secondary N) is 1. The molecule has 0 saturated heterocycles. The van der Waals surface area contributed by atoms with Crippen molar-refractivity contribution in [2.24, 2.45) is 0 Å². The van der Waals surface area contributed by atoms with Gasteiger partial charge in [-0.15, -0.1) is 0 Å². The first-order valence-corrected chi connectivity index (χ1v) is 6.80. The van der Waals surface area contributed by atoms with Gasteiger partial charge in [0.1, 0.15) is 5.82 Å². The molecule has 0 amide bonds. The van der Waals surface area contributed by atoms with Crippen LogP contribution in [-0.4, -0.2) is 10.6 Å². The number of rotatable bonds is 5. The topological polar surface area (TPSA) is 34.0 Å². The zero-order chi connectivity index (χ0) is 14.5. The Morgan fingerprint density at radius 1 is 1.30 bits per heavy atom. The standard InChI is InChI=1S/C16H19FN2O/c1-3-19-11-15(7-8-16(19)20)18-12(2)9-13-5-4-6-14(17)10-13/h4-8,10-12,18H,3,9H2,1-2H3. The molecule has 2 aromatic rings. The summed E-state index contributed by atoms with van der Waals surface area (Å²) in [5, 5.41) is 3.33. The van der Waals surface area contributed by atoms with Crippen LogP contribution < -0.4 is 10.9 Å². The molecule has 1 aromatic carbocycles. The molecule has 0 bridgehead atoms. The summed E-state index contributed by atoms with van der Waals surface area (Å²) in [5.74, 6) is -0.214. The molecule has 0 spiro atoms. The minimum Gasteiger partial charge on any atom is -0.381 e. The highest BCUT2D eigenvalue weighted by atomic mass is 19.1.